The van der Waals surface area contributed by atoms with Crippen LogP contribution in [-0.2, 0) is 11.2 Å². The molecule has 2 aliphatic carbocycles. The number of aliphatic hydroxyl groups is 1. The molecule has 0 saturated heterocycles. The topological polar surface area (TPSA) is 49.3 Å². The zero-order valence-electron chi connectivity index (χ0n) is 11.3. The molecule has 102 valence electrons. The van der Waals surface area contributed by atoms with Crippen LogP contribution in [0, 0.1) is 11.8 Å². The molecule has 2 N–H and O–H groups in total. The average molecular weight is 259 g/mol. The molecule has 3 heteroatoms. The molecule has 1 aromatic carbocycles. The maximum Gasteiger partial charge on any atom is 0.224 e. The number of hydrogen-bond acceptors (Lipinski definition) is 2. The third kappa shape index (κ3) is 2.16. The second-order valence-electron chi connectivity index (χ2n) is 5.75. The Bertz CT molecular complexity index is 481. The molecular weight excluding hydrogens is 238 g/mol. The van der Waals surface area contributed by atoms with E-state index in [1.54, 1.807) is 0 Å². The van der Waals surface area contributed by atoms with Crippen LogP contribution in [0.5, 0.6) is 0 Å². The molecule has 4 atom stereocenters. The highest BCUT2D eigenvalue weighted by molar-refractivity contribution is 5.84. The fourth-order valence-corrected chi connectivity index (χ4v) is 3.50. The van der Waals surface area contributed by atoms with E-state index in [0.717, 1.165) is 19.3 Å². The first-order valence-corrected chi connectivity index (χ1v) is 7.25. The van der Waals surface area contributed by atoms with Gasteiger partial charge in [0.2, 0.25) is 5.91 Å². The average Bonchev–Trinajstić information content (AvgIpc) is 3.19. The van der Waals surface area contributed by atoms with Crippen molar-refractivity contribution in [2.45, 2.75) is 38.1 Å². The first kappa shape index (κ1) is 12.7. The summed E-state index contributed by atoms with van der Waals surface area (Å²) in [5.74, 6) is 1.20. The molecule has 1 aromatic rings. The normalized spacial score (nSPS) is 29.1. The number of rotatable bonds is 4. The van der Waals surface area contributed by atoms with Gasteiger partial charge >= 0.3 is 0 Å². The van der Waals surface area contributed by atoms with Crippen molar-refractivity contribution < 1.29 is 9.90 Å². The fraction of sp³-hybridized carbons (Fsp3) is 0.562. The van der Waals surface area contributed by atoms with Gasteiger partial charge in [0.15, 0.2) is 0 Å². The summed E-state index contributed by atoms with van der Waals surface area (Å²) in [6.45, 7) is 2.01. The smallest absolute Gasteiger partial charge is 0.224 e. The van der Waals surface area contributed by atoms with Crippen molar-refractivity contribution in [2.24, 2.45) is 11.8 Å². The van der Waals surface area contributed by atoms with E-state index in [4.69, 9.17) is 0 Å². The Morgan fingerprint density at radius 2 is 2.26 bits per heavy atom. The molecule has 0 radical (unpaired) electrons. The van der Waals surface area contributed by atoms with Gasteiger partial charge in [-0.3, -0.25) is 4.79 Å². The lowest BCUT2D eigenvalue weighted by Gasteiger charge is -2.14. The maximum absolute atomic E-state index is 12.3. The van der Waals surface area contributed by atoms with E-state index >= 15 is 0 Å². The number of hydrogen-bond donors (Lipinski definition) is 2. The van der Waals surface area contributed by atoms with E-state index in [2.05, 4.69) is 29.6 Å². The van der Waals surface area contributed by atoms with Crippen LogP contribution in [0.3, 0.4) is 0 Å². The quantitative estimate of drug-likeness (QED) is 0.867. The van der Waals surface area contributed by atoms with Gasteiger partial charge in [0.05, 0.1) is 12.6 Å². The second kappa shape index (κ2) is 4.97. The van der Waals surface area contributed by atoms with Crippen molar-refractivity contribution in [1.82, 2.24) is 5.32 Å². The van der Waals surface area contributed by atoms with Gasteiger partial charge in [-0.25, -0.2) is 0 Å². The SMILES string of the molecule is CC[C@@H](CO)NC(=O)C1C2CCc3ccccc3C21. The number of carbonyl (C=O) groups is 1. The summed E-state index contributed by atoms with van der Waals surface area (Å²) in [5, 5.41) is 12.2. The van der Waals surface area contributed by atoms with Crippen molar-refractivity contribution in [3.8, 4) is 0 Å². The Morgan fingerprint density at radius 3 is 3.00 bits per heavy atom. The highest BCUT2D eigenvalue weighted by Crippen LogP contribution is 2.59. The van der Waals surface area contributed by atoms with Gasteiger partial charge < -0.3 is 10.4 Å². The number of benzene rings is 1. The fourth-order valence-electron chi connectivity index (χ4n) is 3.50. The molecule has 2 aliphatic rings. The third-order valence-corrected chi connectivity index (χ3v) is 4.69. The van der Waals surface area contributed by atoms with Crippen LogP contribution in [0.2, 0.25) is 0 Å². The maximum atomic E-state index is 12.3. The molecule has 19 heavy (non-hydrogen) atoms. The van der Waals surface area contributed by atoms with Gasteiger partial charge in [-0.1, -0.05) is 31.2 Å². The summed E-state index contributed by atoms with van der Waals surface area (Å²) < 4.78 is 0. The van der Waals surface area contributed by atoms with E-state index in [0.29, 0.717) is 11.8 Å². The van der Waals surface area contributed by atoms with E-state index in [1.807, 2.05) is 6.92 Å². The summed E-state index contributed by atoms with van der Waals surface area (Å²) in [4.78, 5) is 12.3. The van der Waals surface area contributed by atoms with Crippen LogP contribution in [0.25, 0.3) is 0 Å². The van der Waals surface area contributed by atoms with Crippen molar-refractivity contribution in [3.63, 3.8) is 0 Å². The van der Waals surface area contributed by atoms with Gasteiger partial charge in [0, 0.05) is 5.92 Å². The minimum atomic E-state index is -0.0922. The lowest BCUT2D eigenvalue weighted by Crippen LogP contribution is -2.38. The second-order valence-corrected chi connectivity index (χ2v) is 5.75. The van der Waals surface area contributed by atoms with Gasteiger partial charge in [-0.05, 0) is 42.2 Å². The molecule has 0 bridgehead atoms. The van der Waals surface area contributed by atoms with Crippen LogP contribution in [0.1, 0.15) is 36.8 Å². The summed E-state index contributed by atoms with van der Waals surface area (Å²) in [5.41, 5.74) is 2.78. The Hall–Kier alpha value is -1.35. The van der Waals surface area contributed by atoms with Crippen molar-refractivity contribution in [3.05, 3.63) is 35.4 Å². The number of aryl methyl sites for hydroxylation is 1. The highest BCUT2D eigenvalue weighted by atomic mass is 16.3. The Morgan fingerprint density at radius 1 is 1.47 bits per heavy atom. The number of aliphatic hydroxyl groups excluding tert-OH is 1. The Balaban J connectivity index is 1.72. The summed E-state index contributed by atoms with van der Waals surface area (Å²) >= 11 is 0. The molecule has 0 spiro atoms. The predicted molar refractivity (Wildman–Crippen MR) is 73.8 cm³/mol. The molecular formula is C16H21NO2. The number of amides is 1. The number of fused-ring (bicyclic) bond motifs is 3. The molecule has 1 fully saturated rings. The number of nitrogens with one attached hydrogen (secondary N) is 1. The third-order valence-electron chi connectivity index (χ3n) is 4.69. The Labute approximate surface area is 114 Å². The van der Waals surface area contributed by atoms with Crippen LogP contribution < -0.4 is 5.32 Å². The largest absolute Gasteiger partial charge is 0.394 e. The minimum Gasteiger partial charge on any atom is -0.394 e. The molecule has 0 aromatic heterocycles. The van der Waals surface area contributed by atoms with Crippen LogP contribution in [0.4, 0.5) is 0 Å². The van der Waals surface area contributed by atoms with E-state index in [9.17, 15) is 9.90 Å². The van der Waals surface area contributed by atoms with Crippen LogP contribution in [0.15, 0.2) is 24.3 Å². The molecule has 3 nitrogen and oxygen atoms in total. The lowest BCUT2D eigenvalue weighted by atomic mass is 9.92. The summed E-state index contributed by atoms with van der Waals surface area (Å²) in [6, 6.07) is 8.40. The van der Waals surface area contributed by atoms with E-state index in [1.165, 1.54) is 11.1 Å². The van der Waals surface area contributed by atoms with E-state index < -0.39 is 0 Å². The lowest BCUT2D eigenvalue weighted by molar-refractivity contribution is -0.123. The molecule has 3 unspecified atom stereocenters. The van der Waals surface area contributed by atoms with Crippen molar-refractivity contribution in [2.75, 3.05) is 6.61 Å². The van der Waals surface area contributed by atoms with Gasteiger partial charge in [-0.15, -0.1) is 0 Å². The van der Waals surface area contributed by atoms with Gasteiger partial charge in [0.1, 0.15) is 0 Å². The van der Waals surface area contributed by atoms with Crippen LogP contribution in [-0.4, -0.2) is 23.7 Å². The first-order chi connectivity index (χ1) is 9.26. The highest BCUT2D eigenvalue weighted by Gasteiger charge is 2.57. The zero-order valence-corrected chi connectivity index (χ0v) is 11.3. The van der Waals surface area contributed by atoms with E-state index in [-0.39, 0.29) is 24.5 Å². The minimum absolute atomic E-state index is 0.0287. The van der Waals surface area contributed by atoms with Gasteiger partial charge in [-0.2, -0.15) is 0 Å². The zero-order chi connectivity index (χ0) is 13.4. The first-order valence-electron chi connectivity index (χ1n) is 7.25. The standard InChI is InChI=1S/C16H21NO2/c1-2-11(9-18)17-16(19)15-13-8-7-10-5-3-4-6-12(10)14(13)15/h3-6,11,13-15,18H,2,7-9H2,1H3,(H,17,19)/t11-,13?,14?,15?/m0/s1. The van der Waals surface area contributed by atoms with Crippen LogP contribution >= 0.6 is 0 Å². The molecule has 0 heterocycles. The number of carbonyl (C=O) groups excluding carboxylic acids is 1. The molecule has 3 rings (SSSR count). The van der Waals surface area contributed by atoms with Crippen molar-refractivity contribution in [1.29, 1.82) is 0 Å². The molecule has 0 aliphatic heterocycles. The Kier molecular flexibility index (Phi) is 3.31. The van der Waals surface area contributed by atoms with Gasteiger partial charge in [0.25, 0.3) is 0 Å². The summed E-state index contributed by atoms with van der Waals surface area (Å²) in [7, 11) is 0. The monoisotopic (exact) mass is 259 g/mol. The van der Waals surface area contributed by atoms with Crippen molar-refractivity contribution >= 4 is 5.91 Å². The molecule has 1 amide bonds. The summed E-state index contributed by atoms with van der Waals surface area (Å²) in [6.07, 6.45) is 2.99. The molecule has 1 saturated carbocycles. The predicted octanol–water partition coefficient (Wildman–Crippen LogP) is 1.85.